The lowest BCUT2D eigenvalue weighted by molar-refractivity contribution is -0.275. The van der Waals surface area contributed by atoms with Crippen LogP contribution >= 0.6 is 31.9 Å². The summed E-state index contributed by atoms with van der Waals surface area (Å²) in [5.41, 5.74) is 0. The van der Waals surface area contributed by atoms with Gasteiger partial charge in [0.1, 0.15) is 0 Å². The molecule has 0 bridgehead atoms. The van der Waals surface area contributed by atoms with Crippen LogP contribution in [-0.4, -0.2) is 21.3 Å². The predicted molar refractivity (Wildman–Crippen MR) is 44.6 cm³/mol. The molecule has 0 aromatic heterocycles. The summed E-state index contributed by atoms with van der Waals surface area (Å²) >= 11 is 5.84. The molecule has 10 heavy (non-hydrogen) atoms. The summed E-state index contributed by atoms with van der Waals surface area (Å²) in [5, 5.41) is 25.7. The summed E-state index contributed by atoms with van der Waals surface area (Å²) < 4.78 is 0.447. The van der Waals surface area contributed by atoms with Gasteiger partial charge >= 0.3 is 5.97 Å². The van der Waals surface area contributed by atoms with Gasteiger partial charge in [-0.05, 0) is 22.4 Å². The lowest BCUT2D eigenvalue weighted by Gasteiger charge is -2.14. The van der Waals surface area contributed by atoms with Gasteiger partial charge in [0.15, 0.2) is 0 Å². The molecule has 0 fully saturated rings. The van der Waals surface area contributed by atoms with Crippen molar-refractivity contribution in [2.24, 2.45) is 0 Å². The first-order valence-corrected chi connectivity index (χ1v) is 4.20. The van der Waals surface area contributed by atoms with Crippen LogP contribution in [-0.2, 0) is 0 Å². The van der Waals surface area contributed by atoms with Crippen LogP contribution in [0, 0.1) is 0 Å². The van der Waals surface area contributed by atoms with Gasteiger partial charge in [-0.1, -0.05) is 22.9 Å². The fraction of sp³-hybridized carbons (Fsp3) is 0.600. The molecule has 0 aliphatic heterocycles. The monoisotopic (exact) mass is 274 g/mol. The minimum atomic E-state index is -2.77. The highest BCUT2D eigenvalue weighted by Crippen LogP contribution is 2.27. The van der Waals surface area contributed by atoms with E-state index in [4.69, 9.17) is 15.3 Å². The fourth-order valence-electron chi connectivity index (χ4n) is 0.337. The lowest BCUT2D eigenvalue weighted by atomic mass is 10.4. The van der Waals surface area contributed by atoms with Gasteiger partial charge in [-0.25, -0.2) is 0 Å². The van der Waals surface area contributed by atoms with Gasteiger partial charge in [0, 0.05) is 4.48 Å². The second kappa shape index (κ2) is 3.82. The Morgan fingerprint density at radius 3 is 1.80 bits per heavy atom. The summed E-state index contributed by atoms with van der Waals surface area (Å²) in [6.07, 6.45) is 0.573. The first-order valence-electron chi connectivity index (χ1n) is 2.61. The van der Waals surface area contributed by atoms with Crippen LogP contribution < -0.4 is 0 Å². The Morgan fingerprint density at radius 1 is 1.30 bits per heavy atom. The van der Waals surface area contributed by atoms with E-state index in [1.54, 1.807) is 6.92 Å². The minimum Gasteiger partial charge on any atom is -0.339 e. The Morgan fingerprint density at radius 2 is 1.70 bits per heavy atom. The molecule has 0 aromatic rings. The third-order valence-corrected chi connectivity index (χ3v) is 3.34. The van der Waals surface area contributed by atoms with Crippen molar-refractivity contribution in [2.75, 3.05) is 0 Å². The maximum absolute atomic E-state index is 8.56. The highest BCUT2D eigenvalue weighted by Gasteiger charge is 2.24. The molecule has 5 heteroatoms. The summed E-state index contributed by atoms with van der Waals surface area (Å²) in [5.74, 6) is -2.77. The van der Waals surface area contributed by atoms with Crippen LogP contribution in [0.3, 0.4) is 0 Å². The van der Waals surface area contributed by atoms with Crippen LogP contribution in [0.4, 0.5) is 0 Å². The molecule has 0 aliphatic carbocycles. The molecule has 0 saturated heterocycles. The van der Waals surface area contributed by atoms with E-state index in [9.17, 15) is 0 Å². The summed E-state index contributed by atoms with van der Waals surface area (Å²) in [6.45, 7) is 1.80. The normalized spacial score (nSPS) is 15.0. The third-order valence-electron chi connectivity index (χ3n) is 0.843. The van der Waals surface area contributed by atoms with Gasteiger partial charge in [0.05, 0.1) is 4.48 Å². The van der Waals surface area contributed by atoms with E-state index < -0.39 is 5.97 Å². The molecule has 0 heterocycles. The molecular formula is C5H8Br2O3. The minimum absolute atomic E-state index is 0.0671. The Hall–Kier alpha value is 0.580. The summed E-state index contributed by atoms with van der Waals surface area (Å²) in [7, 11) is 0. The predicted octanol–water partition coefficient (Wildman–Crippen LogP) is 1.03. The molecule has 3 nitrogen and oxygen atoms in total. The van der Waals surface area contributed by atoms with E-state index in [0.29, 0.717) is 10.9 Å². The van der Waals surface area contributed by atoms with Gasteiger partial charge in [0.25, 0.3) is 0 Å². The standard InChI is InChI=1S/C5H8Br2O3/c1-2-3(6)4(7)5(8,9)10/h8-10H,2H2,1H3. The lowest BCUT2D eigenvalue weighted by Crippen LogP contribution is -2.27. The van der Waals surface area contributed by atoms with Gasteiger partial charge in [-0.15, -0.1) is 0 Å². The number of hydrogen-bond acceptors (Lipinski definition) is 3. The van der Waals surface area contributed by atoms with Crippen molar-refractivity contribution in [1.82, 2.24) is 0 Å². The van der Waals surface area contributed by atoms with Crippen LogP contribution in [0.2, 0.25) is 0 Å². The third kappa shape index (κ3) is 3.12. The van der Waals surface area contributed by atoms with E-state index >= 15 is 0 Å². The molecular weight excluding hydrogens is 268 g/mol. The Bertz CT molecular complexity index is 147. The molecule has 0 saturated carbocycles. The smallest absolute Gasteiger partial charge is 0.312 e. The van der Waals surface area contributed by atoms with E-state index in [2.05, 4.69) is 31.9 Å². The molecule has 0 radical (unpaired) electrons. The topological polar surface area (TPSA) is 60.7 Å². The largest absolute Gasteiger partial charge is 0.339 e. The van der Waals surface area contributed by atoms with Crippen LogP contribution in [0.25, 0.3) is 0 Å². The first kappa shape index (κ1) is 10.6. The Kier molecular flexibility index (Phi) is 4.05. The molecule has 0 aliphatic rings. The quantitative estimate of drug-likeness (QED) is 0.660. The average molecular weight is 276 g/mol. The zero-order valence-electron chi connectivity index (χ0n) is 5.30. The average Bonchev–Trinajstić information content (AvgIpc) is 1.83. The van der Waals surface area contributed by atoms with Gasteiger partial charge in [-0.3, -0.25) is 0 Å². The fourth-order valence-corrected chi connectivity index (χ4v) is 0.884. The highest BCUT2D eigenvalue weighted by molar-refractivity contribution is 9.14. The maximum Gasteiger partial charge on any atom is 0.312 e. The van der Waals surface area contributed by atoms with Gasteiger partial charge in [-0.2, -0.15) is 0 Å². The van der Waals surface area contributed by atoms with Gasteiger partial charge in [0.2, 0.25) is 0 Å². The second-order valence-corrected chi connectivity index (χ2v) is 3.46. The summed E-state index contributed by atoms with van der Waals surface area (Å²) in [4.78, 5) is 0. The molecule has 0 aromatic carbocycles. The molecule has 0 atom stereocenters. The summed E-state index contributed by atoms with van der Waals surface area (Å²) in [6, 6.07) is 0. The SMILES string of the molecule is CCC(Br)=C(Br)C(O)(O)O. The second-order valence-electron chi connectivity index (χ2n) is 1.71. The maximum atomic E-state index is 8.56. The molecule has 0 spiro atoms. The molecule has 0 unspecified atom stereocenters. The van der Waals surface area contributed by atoms with Crippen molar-refractivity contribution in [3.8, 4) is 0 Å². The van der Waals surface area contributed by atoms with Crippen molar-refractivity contribution in [2.45, 2.75) is 19.3 Å². The van der Waals surface area contributed by atoms with Crippen molar-refractivity contribution in [1.29, 1.82) is 0 Å². The van der Waals surface area contributed by atoms with E-state index in [1.165, 1.54) is 0 Å². The number of rotatable bonds is 2. The van der Waals surface area contributed by atoms with Crippen LogP contribution in [0.15, 0.2) is 8.96 Å². The van der Waals surface area contributed by atoms with Gasteiger partial charge < -0.3 is 15.3 Å². The van der Waals surface area contributed by atoms with Crippen molar-refractivity contribution < 1.29 is 15.3 Å². The number of halogens is 2. The Balaban J connectivity index is 4.47. The number of hydrogen-bond donors (Lipinski definition) is 3. The van der Waals surface area contributed by atoms with Crippen molar-refractivity contribution in [3.05, 3.63) is 8.96 Å². The zero-order chi connectivity index (χ0) is 8.36. The van der Waals surface area contributed by atoms with E-state index in [-0.39, 0.29) is 4.48 Å². The molecule has 0 rings (SSSR count). The molecule has 60 valence electrons. The van der Waals surface area contributed by atoms with Crippen molar-refractivity contribution in [3.63, 3.8) is 0 Å². The number of aliphatic hydroxyl groups is 3. The van der Waals surface area contributed by atoms with Crippen LogP contribution in [0.1, 0.15) is 13.3 Å². The van der Waals surface area contributed by atoms with E-state index in [1.807, 2.05) is 0 Å². The number of allylic oxidation sites excluding steroid dienone is 1. The Labute approximate surface area is 75.6 Å². The molecule has 3 N–H and O–H groups in total. The first-order chi connectivity index (χ1) is 4.39. The van der Waals surface area contributed by atoms with Crippen molar-refractivity contribution >= 4 is 31.9 Å². The highest BCUT2D eigenvalue weighted by atomic mass is 79.9. The molecule has 0 amide bonds. The zero-order valence-corrected chi connectivity index (χ0v) is 8.48. The van der Waals surface area contributed by atoms with Crippen LogP contribution in [0.5, 0.6) is 0 Å². The van der Waals surface area contributed by atoms with E-state index in [0.717, 1.165) is 0 Å².